The second kappa shape index (κ2) is 6.53. The molecule has 2 aromatic rings. The number of halogens is 1. The number of benzene rings is 1. The number of hydrogen-bond donors (Lipinski definition) is 1. The Balaban J connectivity index is 2.09. The zero-order valence-corrected chi connectivity index (χ0v) is 11.7. The summed E-state index contributed by atoms with van der Waals surface area (Å²) in [6.07, 6.45) is 3.34. The van der Waals surface area contributed by atoms with Crippen LogP contribution in [0.4, 0.5) is 0 Å². The number of amides is 1. The summed E-state index contributed by atoms with van der Waals surface area (Å²) in [6, 6.07) is 9.64. The van der Waals surface area contributed by atoms with Gasteiger partial charge in [0.25, 0.3) is 5.91 Å². The molecule has 1 aromatic heterocycles. The second-order valence-corrected chi connectivity index (χ2v) is 5.05. The molecular formula is C15H17ClN2O. The van der Waals surface area contributed by atoms with E-state index in [0.29, 0.717) is 12.2 Å². The van der Waals surface area contributed by atoms with Gasteiger partial charge in [-0.2, -0.15) is 0 Å². The van der Waals surface area contributed by atoms with Gasteiger partial charge in [-0.25, -0.2) is 0 Å². The standard InChI is InChI=1S/C15H17ClN2O/c1-2-12(16)8-10-18-15(19)14-13-6-4-3-5-11(13)7-9-17-14/h3-7,9,12H,2,8,10H2,1H3,(H,18,19). The summed E-state index contributed by atoms with van der Waals surface area (Å²) < 4.78 is 0. The van der Waals surface area contributed by atoms with Crippen LogP contribution >= 0.6 is 11.6 Å². The first-order valence-electron chi connectivity index (χ1n) is 6.48. The molecule has 0 fully saturated rings. The van der Waals surface area contributed by atoms with Crippen LogP contribution in [0, 0.1) is 0 Å². The highest BCUT2D eigenvalue weighted by Crippen LogP contribution is 2.16. The van der Waals surface area contributed by atoms with Crippen molar-refractivity contribution < 1.29 is 4.79 Å². The fraction of sp³-hybridized carbons (Fsp3) is 0.333. The Morgan fingerprint density at radius 3 is 2.95 bits per heavy atom. The Labute approximate surface area is 118 Å². The van der Waals surface area contributed by atoms with Crippen molar-refractivity contribution in [1.29, 1.82) is 0 Å². The number of fused-ring (bicyclic) bond motifs is 1. The fourth-order valence-electron chi connectivity index (χ4n) is 1.93. The first kappa shape index (κ1) is 13.8. The van der Waals surface area contributed by atoms with Crippen molar-refractivity contribution in [2.75, 3.05) is 6.54 Å². The van der Waals surface area contributed by atoms with Crippen LogP contribution in [0.3, 0.4) is 0 Å². The third-order valence-corrected chi connectivity index (χ3v) is 3.60. The molecule has 1 aromatic carbocycles. The van der Waals surface area contributed by atoms with Crippen LogP contribution in [-0.2, 0) is 0 Å². The van der Waals surface area contributed by atoms with E-state index in [1.54, 1.807) is 6.20 Å². The molecule has 0 spiro atoms. The van der Waals surface area contributed by atoms with Gasteiger partial charge in [0.2, 0.25) is 0 Å². The van der Waals surface area contributed by atoms with Crippen molar-refractivity contribution in [2.45, 2.75) is 25.1 Å². The third-order valence-electron chi connectivity index (χ3n) is 3.07. The number of nitrogens with zero attached hydrogens (tertiary/aromatic N) is 1. The van der Waals surface area contributed by atoms with Gasteiger partial charge in [-0.15, -0.1) is 11.6 Å². The summed E-state index contributed by atoms with van der Waals surface area (Å²) >= 11 is 6.02. The average molecular weight is 277 g/mol. The molecule has 1 atom stereocenters. The molecule has 1 amide bonds. The van der Waals surface area contributed by atoms with Crippen LogP contribution < -0.4 is 5.32 Å². The number of carbonyl (C=O) groups is 1. The summed E-state index contributed by atoms with van der Waals surface area (Å²) in [5.74, 6) is -0.142. The maximum atomic E-state index is 12.1. The van der Waals surface area contributed by atoms with Gasteiger partial charge in [0.05, 0.1) is 0 Å². The van der Waals surface area contributed by atoms with E-state index in [9.17, 15) is 4.79 Å². The highest BCUT2D eigenvalue weighted by Gasteiger charge is 2.11. The number of aromatic nitrogens is 1. The SMILES string of the molecule is CCC(Cl)CCNC(=O)c1nccc2ccccc12. The highest BCUT2D eigenvalue weighted by atomic mass is 35.5. The minimum absolute atomic E-state index is 0.112. The molecule has 100 valence electrons. The molecule has 0 saturated heterocycles. The first-order valence-corrected chi connectivity index (χ1v) is 6.92. The van der Waals surface area contributed by atoms with Crippen LogP contribution in [0.5, 0.6) is 0 Å². The quantitative estimate of drug-likeness (QED) is 0.851. The first-order chi connectivity index (χ1) is 9.22. The number of pyridine rings is 1. The van der Waals surface area contributed by atoms with Crippen molar-refractivity contribution in [3.8, 4) is 0 Å². The van der Waals surface area contributed by atoms with Gasteiger partial charge in [-0.05, 0) is 24.3 Å². The summed E-state index contributed by atoms with van der Waals surface area (Å²) in [5, 5.41) is 4.88. The predicted molar refractivity (Wildman–Crippen MR) is 78.6 cm³/mol. The molecule has 0 aliphatic carbocycles. The van der Waals surface area contributed by atoms with Gasteiger partial charge in [0.1, 0.15) is 5.69 Å². The third kappa shape index (κ3) is 3.44. The van der Waals surface area contributed by atoms with E-state index < -0.39 is 0 Å². The molecule has 0 aliphatic rings. The monoisotopic (exact) mass is 276 g/mol. The fourth-order valence-corrected chi connectivity index (χ4v) is 2.04. The lowest BCUT2D eigenvalue weighted by molar-refractivity contribution is 0.0950. The van der Waals surface area contributed by atoms with E-state index in [4.69, 9.17) is 11.6 Å². The smallest absolute Gasteiger partial charge is 0.270 e. The van der Waals surface area contributed by atoms with Gasteiger partial charge in [-0.3, -0.25) is 9.78 Å². The van der Waals surface area contributed by atoms with Crippen LogP contribution in [-0.4, -0.2) is 22.8 Å². The molecule has 2 rings (SSSR count). The Morgan fingerprint density at radius 1 is 1.37 bits per heavy atom. The molecule has 0 bridgehead atoms. The van der Waals surface area contributed by atoms with Gasteiger partial charge in [-0.1, -0.05) is 31.2 Å². The number of carbonyl (C=O) groups excluding carboxylic acids is 1. The van der Waals surface area contributed by atoms with Gasteiger partial charge >= 0.3 is 0 Å². The van der Waals surface area contributed by atoms with E-state index >= 15 is 0 Å². The maximum absolute atomic E-state index is 12.1. The zero-order chi connectivity index (χ0) is 13.7. The lowest BCUT2D eigenvalue weighted by Crippen LogP contribution is -2.27. The number of nitrogens with one attached hydrogen (secondary N) is 1. The maximum Gasteiger partial charge on any atom is 0.270 e. The lowest BCUT2D eigenvalue weighted by Gasteiger charge is -2.09. The second-order valence-electron chi connectivity index (χ2n) is 4.43. The zero-order valence-electron chi connectivity index (χ0n) is 10.9. The summed E-state index contributed by atoms with van der Waals surface area (Å²) in [4.78, 5) is 16.3. The molecule has 0 radical (unpaired) electrons. The van der Waals surface area contributed by atoms with E-state index in [1.165, 1.54) is 0 Å². The van der Waals surface area contributed by atoms with E-state index in [0.717, 1.165) is 23.6 Å². The molecule has 0 saturated carbocycles. The van der Waals surface area contributed by atoms with Crippen molar-refractivity contribution >= 4 is 28.3 Å². The Kier molecular flexibility index (Phi) is 4.74. The Morgan fingerprint density at radius 2 is 2.16 bits per heavy atom. The van der Waals surface area contributed by atoms with E-state index in [1.807, 2.05) is 37.3 Å². The number of rotatable bonds is 5. The largest absolute Gasteiger partial charge is 0.351 e. The molecule has 1 unspecified atom stereocenters. The Bertz CT molecular complexity index is 566. The summed E-state index contributed by atoms with van der Waals surface area (Å²) in [5.41, 5.74) is 0.473. The minimum atomic E-state index is -0.142. The minimum Gasteiger partial charge on any atom is -0.351 e. The molecule has 1 heterocycles. The summed E-state index contributed by atoms with van der Waals surface area (Å²) in [7, 11) is 0. The van der Waals surface area contributed by atoms with Crippen molar-refractivity contribution in [3.63, 3.8) is 0 Å². The molecule has 1 N–H and O–H groups in total. The molecule has 0 aliphatic heterocycles. The highest BCUT2D eigenvalue weighted by molar-refractivity contribution is 6.20. The van der Waals surface area contributed by atoms with Crippen LogP contribution in [0.15, 0.2) is 36.5 Å². The number of hydrogen-bond acceptors (Lipinski definition) is 2. The molecule has 4 heteroatoms. The van der Waals surface area contributed by atoms with E-state index in [2.05, 4.69) is 10.3 Å². The number of alkyl halides is 1. The normalized spacial score (nSPS) is 12.3. The van der Waals surface area contributed by atoms with Crippen LogP contribution in [0.25, 0.3) is 10.8 Å². The van der Waals surface area contributed by atoms with Crippen molar-refractivity contribution in [1.82, 2.24) is 10.3 Å². The van der Waals surface area contributed by atoms with Gasteiger partial charge in [0, 0.05) is 23.5 Å². The lowest BCUT2D eigenvalue weighted by atomic mass is 10.1. The summed E-state index contributed by atoms with van der Waals surface area (Å²) in [6.45, 7) is 2.61. The molecule has 19 heavy (non-hydrogen) atoms. The topological polar surface area (TPSA) is 42.0 Å². The molecule has 3 nitrogen and oxygen atoms in total. The van der Waals surface area contributed by atoms with Gasteiger partial charge in [0.15, 0.2) is 0 Å². The molecular weight excluding hydrogens is 260 g/mol. The Hall–Kier alpha value is -1.61. The predicted octanol–water partition coefficient (Wildman–Crippen LogP) is 3.37. The van der Waals surface area contributed by atoms with Crippen molar-refractivity contribution in [2.24, 2.45) is 0 Å². The van der Waals surface area contributed by atoms with Crippen molar-refractivity contribution in [3.05, 3.63) is 42.2 Å². The average Bonchev–Trinajstić information content (AvgIpc) is 2.46. The van der Waals surface area contributed by atoms with Crippen LogP contribution in [0.2, 0.25) is 0 Å². The van der Waals surface area contributed by atoms with Crippen LogP contribution in [0.1, 0.15) is 30.3 Å². The van der Waals surface area contributed by atoms with E-state index in [-0.39, 0.29) is 11.3 Å². The van der Waals surface area contributed by atoms with Gasteiger partial charge < -0.3 is 5.32 Å².